The standard InChI is InChI=1S/C51H33N3OS/c1-4-13-32(14-5-1)35-25-27-41-43-30-37(26-28-45(43)56-46(41)31-35)40-22-11-23-42-47-39(21-12-24-44(47)55-48(40)42)36-19-10-20-38(29-36)51-53-49(33-15-6-2-7-16-33)52-50(54-51)34-17-8-3-9-18-34/h1-20,22-31,39H,21H2. The number of thiophene rings is 1. The molecule has 3 aromatic heterocycles. The summed E-state index contributed by atoms with van der Waals surface area (Å²) in [6.07, 6.45) is 5.25. The summed E-state index contributed by atoms with van der Waals surface area (Å²) in [5, 5.41) is 3.71. The van der Waals surface area contributed by atoms with Gasteiger partial charge >= 0.3 is 0 Å². The molecule has 10 aromatic rings. The van der Waals surface area contributed by atoms with Crippen LogP contribution in [0, 0.1) is 0 Å². The summed E-state index contributed by atoms with van der Waals surface area (Å²) in [6, 6.07) is 59.8. The number of aromatic nitrogens is 3. The Kier molecular flexibility index (Phi) is 7.78. The van der Waals surface area contributed by atoms with Gasteiger partial charge in [-0.2, -0.15) is 0 Å². The predicted octanol–water partition coefficient (Wildman–Crippen LogP) is 13.9. The summed E-state index contributed by atoms with van der Waals surface area (Å²) in [5.41, 5.74) is 10.9. The van der Waals surface area contributed by atoms with Crippen molar-refractivity contribution in [3.8, 4) is 56.4 Å². The molecule has 4 nitrogen and oxygen atoms in total. The van der Waals surface area contributed by atoms with Gasteiger partial charge in [0, 0.05) is 59.3 Å². The molecule has 11 rings (SSSR count). The minimum atomic E-state index is 0.109. The quantitative estimate of drug-likeness (QED) is 0.171. The van der Waals surface area contributed by atoms with Crippen molar-refractivity contribution < 1.29 is 4.42 Å². The first-order valence-electron chi connectivity index (χ1n) is 18.9. The molecule has 0 aliphatic heterocycles. The molecule has 0 saturated carbocycles. The molecule has 3 heterocycles. The Morgan fingerprint density at radius 1 is 0.464 bits per heavy atom. The number of para-hydroxylation sites is 1. The lowest BCUT2D eigenvalue weighted by Crippen LogP contribution is -2.05. The van der Waals surface area contributed by atoms with Crippen molar-refractivity contribution in [2.24, 2.45) is 0 Å². The molecule has 0 radical (unpaired) electrons. The van der Waals surface area contributed by atoms with Crippen LogP contribution in [-0.2, 0) is 0 Å². The molecular weight excluding hydrogens is 703 g/mol. The molecule has 0 fully saturated rings. The summed E-state index contributed by atoms with van der Waals surface area (Å²) < 4.78 is 9.38. The van der Waals surface area contributed by atoms with E-state index in [1.807, 2.05) is 72.0 Å². The summed E-state index contributed by atoms with van der Waals surface area (Å²) in [5.74, 6) is 2.99. The molecule has 0 bridgehead atoms. The van der Waals surface area contributed by atoms with Crippen LogP contribution in [0.2, 0.25) is 0 Å². The molecule has 56 heavy (non-hydrogen) atoms. The third-order valence-corrected chi connectivity index (χ3v) is 12.0. The molecule has 5 heteroatoms. The second kappa shape index (κ2) is 13.4. The van der Waals surface area contributed by atoms with Crippen LogP contribution in [0.4, 0.5) is 0 Å². The maximum absolute atomic E-state index is 6.80. The lowest BCUT2D eigenvalue weighted by Gasteiger charge is -2.20. The molecule has 0 N–H and O–H groups in total. The van der Waals surface area contributed by atoms with E-state index in [-0.39, 0.29) is 5.92 Å². The minimum absolute atomic E-state index is 0.109. The molecule has 0 spiro atoms. The van der Waals surface area contributed by atoms with E-state index in [1.165, 1.54) is 42.4 Å². The van der Waals surface area contributed by atoms with Gasteiger partial charge in [0.15, 0.2) is 17.5 Å². The number of benzene rings is 7. The zero-order chi connectivity index (χ0) is 37.0. The Bertz CT molecular complexity index is 3050. The summed E-state index contributed by atoms with van der Waals surface area (Å²) in [4.78, 5) is 14.9. The molecule has 1 unspecified atom stereocenters. The zero-order valence-electron chi connectivity index (χ0n) is 30.3. The van der Waals surface area contributed by atoms with Crippen LogP contribution in [0.1, 0.15) is 29.2 Å². The van der Waals surface area contributed by atoms with Crippen LogP contribution in [0.5, 0.6) is 0 Å². The van der Waals surface area contributed by atoms with Crippen LogP contribution >= 0.6 is 11.3 Å². The zero-order valence-corrected chi connectivity index (χ0v) is 31.1. The molecule has 264 valence electrons. The average molecular weight is 736 g/mol. The van der Waals surface area contributed by atoms with E-state index in [4.69, 9.17) is 19.4 Å². The number of rotatable bonds is 6. The first kappa shape index (κ1) is 32.5. The van der Waals surface area contributed by atoms with E-state index in [0.717, 1.165) is 51.0 Å². The number of hydrogen-bond acceptors (Lipinski definition) is 5. The van der Waals surface area contributed by atoms with Gasteiger partial charge in [0.25, 0.3) is 0 Å². The molecule has 0 saturated heterocycles. The lowest BCUT2D eigenvalue weighted by atomic mass is 9.83. The molecule has 0 amide bonds. The Morgan fingerprint density at radius 3 is 1.84 bits per heavy atom. The van der Waals surface area contributed by atoms with Gasteiger partial charge in [-0.25, -0.2) is 15.0 Å². The summed E-state index contributed by atoms with van der Waals surface area (Å²) in [6.45, 7) is 0. The fourth-order valence-electron chi connectivity index (χ4n) is 8.19. The summed E-state index contributed by atoms with van der Waals surface area (Å²) >= 11 is 1.85. The van der Waals surface area contributed by atoms with Gasteiger partial charge in [0.1, 0.15) is 11.3 Å². The van der Waals surface area contributed by atoms with E-state index < -0.39 is 0 Å². The molecule has 7 aromatic carbocycles. The first-order chi connectivity index (χ1) is 27.7. The average Bonchev–Trinajstić information content (AvgIpc) is 3.85. The number of nitrogens with zero attached hydrogens (tertiary/aromatic N) is 3. The number of hydrogen-bond donors (Lipinski definition) is 0. The van der Waals surface area contributed by atoms with Crippen molar-refractivity contribution >= 4 is 48.6 Å². The van der Waals surface area contributed by atoms with Gasteiger partial charge in [0.05, 0.1) is 0 Å². The van der Waals surface area contributed by atoms with Gasteiger partial charge < -0.3 is 4.42 Å². The van der Waals surface area contributed by atoms with Gasteiger partial charge in [0.2, 0.25) is 0 Å². The molecular formula is C51H33N3OS. The minimum Gasteiger partial charge on any atom is -0.456 e. The number of allylic oxidation sites excluding steroid dienone is 1. The highest BCUT2D eigenvalue weighted by atomic mass is 32.1. The van der Waals surface area contributed by atoms with Crippen molar-refractivity contribution in [3.05, 3.63) is 193 Å². The highest BCUT2D eigenvalue weighted by molar-refractivity contribution is 7.25. The van der Waals surface area contributed by atoms with E-state index >= 15 is 0 Å². The maximum Gasteiger partial charge on any atom is 0.164 e. The van der Waals surface area contributed by atoms with Crippen LogP contribution < -0.4 is 0 Å². The van der Waals surface area contributed by atoms with Crippen LogP contribution in [0.25, 0.3) is 93.6 Å². The number of furan rings is 1. The predicted molar refractivity (Wildman–Crippen MR) is 232 cm³/mol. The van der Waals surface area contributed by atoms with Gasteiger partial charge in [-0.15, -0.1) is 11.3 Å². The van der Waals surface area contributed by atoms with Gasteiger partial charge in [-0.05, 0) is 59.0 Å². The van der Waals surface area contributed by atoms with Crippen molar-refractivity contribution in [2.45, 2.75) is 12.3 Å². The van der Waals surface area contributed by atoms with Crippen LogP contribution in [0.15, 0.2) is 180 Å². The van der Waals surface area contributed by atoms with E-state index in [0.29, 0.717) is 17.5 Å². The maximum atomic E-state index is 6.80. The van der Waals surface area contributed by atoms with E-state index in [2.05, 4.69) is 121 Å². The third-order valence-electron chi connectivity index (χ3n) is 10.9. The molecule has 1 aliphatic rings. The highest BCUT2D eigenvalue weighted by Gasteiger charge is 2.27. The van der Waals surface area contributed by atoms with Gasteiger partial charge in [-0.3, -0.25) is 0 Å². The number of fused-ring (bicyclic) bond motifs is 6. The Labute approximate surface area is 328 Å². The van der Waals surface area contributed by atoms with Crippen molar-refractivity contribution in [3.63, 3.8) is 0 Å². The Balaban J connectivity index is 0.986. The first-order valence-corrected chi connectivity index (χ1v) is 19.8. The van der Waals surface area contributed by atoms with Crippen molar-refractivity contribution in [2.75, 3.05) is 0 Å². The Hall–Kier alpha value is -6.95. The summed E-state index contributed by atoms with van der Waals surface area (Å²) in [7, 11) is 0. The second-order valence-corrected chi connectivity index (χ2v) is 15.4. The second-order valence-electron chi connectivity index (χ2n) is 14.3. The lowest BCUT2D eigenvalue weighted by molar-refractivity contribution is 0.590. The topological polar surface area (TPSA) is 51.8 Å². The fraction of sp³-hybridized carbons (Fsp3) is 0.0392. The Morgan fingerprint density at radius 2 is 1.11 bits per heavy atom. The monoisotopic (exact) mass is 735 g/mol. The largest absolute Gasteiger partial charge is 0.456 e. The van der Waals surface area contributed by atoms with Crippen LogP contribution in [0.3, 0.4) is 0 Å². The third kappa shape index (κ3) is 5.64. The van der Waals surface area contributed by atoms with E-state index in [1.54, 1.807) is 0 Å². The molecule has 1 atom stereocenters. The highest BCUT2D eigenvalue weighted by Crippen LogP contribution is 2.46. The molecule has 1 aliphatic carbocycles. The van der Waals surface area contributed by atoms with E-state index in [9.17, 15) is 0 Å². The van der Waals surface area contributed by atoms with Crippen molar-refractivity contribution in [1.29, 1.82) is 0 Å². The smallest absolute Gasteiger partial charge is 0.164 e. The van der Waals surface area contributed by atoms with Gasteiger partial charge in [-0.1, -0.05) is 152 Å². The fourth-order valence-corrected chi connectivity index (χ4v) is 9.31. The normalized spacial score (nSPS) is 13.8. The SMILES string of the molecule is C1=Cc2oc3c(-c4ccc5sc6cc(-c7ccccc7)ccc6c5c4)cccc3c2C(c2cccc(-c3nc(-c4ccccc4)nc(-c4ccccc4)n3)c2)C1. The van der Waals surface area contributed by atoms with Crippen molar-refractivity contribution in [1.82, 2.24) is 15.0 Å². The van der Waals surface area contributed by atoms with Crippen LogP contribution in [-0.4, -0.2) is 15.0 Å².